The van der Waals surface area contributed by atoms with Crippen LogP contribution in [0, 0.1) is 20.8 Å². The minimum atomic E-state index is 0.855. The lowest BCUT2D eigenvalue weighted by Crippen LogP contribution is -1.89. The lowest BCUT2D eigenvalue weighted by atomic mass is 10.1. The van der Waals surface area contributed by atoms with Gasteiger partial charge >= 0.3 is 0 Å². The maximum Gasteiger partial charge on any atom is 0.0458 e. The first-order chi connectivity index (χ1) is 8.06. The molecule has 0 saturated carbocycles. The van der Waals surface area contributed by atoms with E-state index in [0.717, 1.165) is 10.6 Å². The molecule has 2 N–H and O–H groups in total. The molecule has 0 radical (unpaired) electrons. The molecule has 0 heterocycles. The molecular formula is C15H17NS. The van der Waals surface area contributed by atoms with Gasteiger partial charge in [0.15, 0.2) is 0 Å². The smallest absolute Gasteiger partial charge is 0.0458 e. The highest BCUT2D eigenvalue weighted by molar-refractivity contribution is 7.99. The van der Waals surface area contributed by atoms with E-state index < -0.39 is 0 Å². The van der Waals surface area contributed by atoms with Gasteiger partial charge in [-0.25, -0.2) is 0 Å². The largest absolute Gasteiger partial charge is 0.398 e. The second-order valence-corrected chi connectivity index (χ2v) is 5.50. The van der Waals surface area contributed by atoms with Crippen LogP contribution in [0.15, 0.2) is 46.2 Å². The topological polar surface area (TPSA) is 26.0 Å². The van der Waals surface area contributed by atoms with Crippen molar-refractivity contribution in [3.63, 3.8) is 0 Å². The summed E-state index contributed by atoms with van der Waals surface area (Å²) >= 11 is 1.72. The van der Waals surface area contributed by atoms with E-state index in [9.17, 15) is 0 Å². The van der Waals surface area contributed by atoms with Gasteiger partial charge < -0.3 is 5.73 Å². The van der Waals surface area contributed by atoms with Crippen molar-refractivity contribution in [1.82, 2.24) is 0 Å². The zero-order valence-electron chi connectivity index (χ0n) is 10.4. The van der Waals surface area contributed by atoms with Crippen LogP contribution in [0.4, 0.5) is 5.69 Å². The third-order valence-corrected chi connectivity index (χ3v) is 3.95. The van der Waals surface area contributed by atoms with Crippen LogP contribution in [0.2, 0.25) is 0 Å². The molecule has 2 aromatic rings. The Morgan fingerprint density at radius 3 is 2.29 bits per heavy atom. The predicted molar refractivity (Wildman–Crippen MR) is 75.6 cm³/mol. The number of hydrogen-bond acceptors (Lipinski definition) is 2. The third kappa shape index (κ3) is 2.83. The van der Waals surface area contributed by atoms with Gasteiger partial charge in [0, 0.05) is 15.5 Å². The molecule has 0 unspecified atom stereocenters. The van der Waals surface area contributed by atoms with Gasteiger partial charge in [0.2, 0.25) is 0 Å². The molecule has 0 amide bonds. The average Bonchev–Trinajstić information content (AvgIpc) is 2.27. The first-order valence-corrected chi connectivity index (χ1v) is 6.49. The van der Waals surface area contributed by atoms with Crippen molar-refractivity contribution in [2.75, 3.05) is 5.73 Å². The summed E-state index contributed by atoms with van der Waals surface area (Å²) in [5.74, 6) is 0. The summed E-state index contributed by atoms with van der Waals surface area (Å²) in [5.41, 5.74) is 10.7. The molecule has 0 atom stereocenters. The lowest BCUT2D eigenvalue weighted by Gasteiger charge is -2.08. The van der Waals surface area contributed by atoms with Crippen LogP contribution in [-0.2, 0) is 0 Å². The Morgan fingerprint density at radius 1 is 0.882 bits per heavy atom. The summed E-state index contributed by atoms with van der Waals surface area (Å²) in [7, 11) is 0. The van der Waals surface area contributed by atoms with Gasteiger partial charge in [-0.1, -0.05) is 23.9 Å². The number of nitrogen functional groups attached to an aromatic ring is 1. The molecule has 0 aliphatic heterocycles. The van der Waals surface area contributed by atoms with Crippen LogP contribution in [0.3, 0.4) is 0 Å². The van der Waals surface area contributed by atoms with Crippen molar-refractivity contribution < 1.29 is 0 Å². The molecule has 2 heteroatoms. The van der Waals surface area contributed by atoms with E-state index in [2.05, 4.69) is 51.1 Å². The van der Waals surface area contributed by atoms with Crippen LogP contribution in [-0.4, -0.2) is 0 Å². The highest BCUT2D eigenvalue weighted by atomic mass is 32.2. The van der Waals surface area contributed by atoms with Gasteiger partial charge in [-0.05, 0) is 61.7 Å². The van der Waals surface area contributed by atoms with E-state index in [1.54, 1.807) is 11.8 Å². The van der Waals surface area contributed by atoms with E-state index >= 15 is 0 Å². The van der Waals surface area contributed by atoms with E-state index in [1.165, 1.54) is 21.6 Å². The van der Waals surface area contributed by atoms with Gasteiger partial charge in [0.1, 0.15) is 0 Å². The Morgan fingerprint density at radius 2 is 1.65 bits per heavy atom. The molecular weight excluding hydrogens is 226 g/mol. The first kappa shape index (κ1) is 12.1. The number of aryl methyl sites for hydroxylation is 3. The monoisotopic (exact) mass is 243 g/mol. The first-order valence-electron chi connectivity index (χ1n) is 5.67. The number of hydrogen-bond donors (Lipinski definition) is 1. The van der Waals surface area contributed by atoms with Crippen molar-refractivity contribution in [2.24, 2.45) is 0 Å². The Kier molecular flexibility index (Phi) is 3.43. The number of anilines is 1. The minimum Gasteiger partial charge on any atom is -0.398 e. The van der Waals surface area contributed by atoms with Crippen LogP contribution >= 0.6 is 11.8 Å². The molecule has 0 aliphatic carbocycles. The minimum absolute atomic E-state index is 0.855. The molecule has 1 nitrogen and oxygen atoms in total. The summed E-state index contributed by atoms with van der Waals surface area (Å²) in [6.45, 7) is 6.32. The molecule has 0 aliphatic rings. The van der Waals surface area contributed by atoms with E-state index in [1.807, 2.05) is 6.07 Å². The highest BCUT2D eigenvalue weighted by Crippen LogP contribution is 2.33. The van der Waals surface area contributed by atoms with Gasteiger partial charge in [0.05, 0.1) is 0 Å². The van der Waals surface area contributed by atoms with Crippen LogP contribution in [0.1, 0.15) is 16.7 Å². The predicted octanol–water partition coefficient (Wildman–Crippen LogP) is 4.35. The van der Waals surface area contributed by atoms with Crippen LogP contribution in [0.5, 0.6) is 0 Å². The van der Waals surface area contributed by atoms with Crippen molar-refractivity contribution in [1.29, 1.82) is 0 Å². The van der Waals surface area contributed by atoms with Gasteiger partial charge in [0.25, 0.3) is 0 Å². The van der Waals surface area contributed by atoms with Gasteiger partial charge in [-0.15, -0.1) is 0 Å². The number of nitrogens with two attached hydrogens (primary N) is 1. The fourth-order valence-corrected chi connectivity index (χ4v) is 2.60. The van der Waals surface area contributed by atoms with Crippen molar-refractivity contribution in [2.45, 2.75) is 30.6 Å². The molecule has 88 valence electrons. The molecule has 0 aromatic heterocycles. The van der Waals surface area contributed by atoms with E-state index in [4.69, 9.17) is 5.73 Å². The Balaban J connectivity index is 2.28. The summed E-state index contributed by atoms with van der Waals surface area (Å²) in [6.07, 6.45) is 0. The normalized spacial score (nSPS) is 10.5. The average molecular weight is 243 g/mol. The van der Waals surface area contributed by atoms with E-state index in [0.29, 0.717) is 0 Å². The molecule has 2 rings (SSSR count). The molecule has 0 saturated heterocycles. The summed E-state index contributed by atoms with van der Waals surface area (Å²) in [4.78, 5) is 2.36. The molecule has 0 spiro atoms. The summed E-state index contributed by atoms with van der Waals surface area (Å²) in [6, 6.07) is 12.7. The zero-order chi connectivity index (χ0) is 12.4. The molecule has 0 fully saturated rings. The fourth-order valence-electron chi connectivity index (χ4n) is 1.67. The number of benzene rings is 2. The fraction of sp³-hybridized carbons (Fsp3) is 0.200. The number of rotatable bonds is 2. The van der Waals surface area contributed by atoms with Crippen LogP contribution in [0.25, 0.3) is 0 Å². The van der Waals surface area contributed by atoms with E-state index in [-0.39, 0.29) is 0 Å². The quantitative estimate of drug-likeness (QED) is 0.794. The summed E-state index contributed by atoms with van der Waals surface area (Å²) < 4.78 is 0. The highest BCUT2D eigenvalue weighted by Gasteiger charge is 2.03. The van der Waals surface area contributed by atoms with Gasteiger partial charge in [-0.2, -0.15) is 0 Å². The maximum absolute atomic E-state index is 6.02. The summed E-state index contributed by atoms with van der Waals surface area (Å²) in [5, 5.41) is 0. The van der Waals surface area contributed by atoms with Crippen molar-refractivity contribution in [3.8, 4) is 0 Å². The molecule has 0 bridgehead atoms. The lowest BCUT2D eigenvalue weighted by molar-refractivity contribution is 1.27. The van der Waals surface area contributed by atoms with Crippen molar-refractivity contribution >= 4 is 17.4 Å². The third-order valence-electron chi connectivity index (χ3n) is 2.87. The second-order valence-electron chi connectivity index (χ2n) is 4.39. The molecule has 2 aromatic carbocycles. The zero-order valence-corrected chi connectivity index (χ0v) is 11.3. The Bertz CT molecular complexity index is 547. The second kappa shape index (κ2) is 4.84. The maximum atomic E-state index is 6.02. The van der Waals surface area contributed by atoms with Crippen LogP contribution < -0.4 is 5.73 Å². The molecule has 17 heavy (non-hydrogen) atoms. The Labute approximate surface area is 107 Å². The van der Waals surface area contributed by atoms with Gasteiger partial charge in [-0.3, -0.25) is 0 Å². The SMILES string of the molecule is Cc1ccc(Sc2ccc(C)c(C)c2)c(N)c1. The Hall–Kier alpha value is -1.41. The standard InChI is InChI=1S/C15H17NS/c1-10-4-7-15(14(16)8-10)17-13-6-5-11(2)12(3)9-13/h4-9H,16H2,1-3H3. The van der Waals surface area contributed by atoms with Crippen molar-refractivity contribution in [3.05, 3.63) is 53.1 Å².